The summed E-state index contributed by atoms with van der Waals surface area (Å²) < 4.78 is 22.1. The number of rotatable bonds is 7. The highest BCUT2D eigenvalue weighted by atomic mass is 35.5. The average Bonchev–Trinajstić information content (AvgIpc) is 3.29. The Bertz CT molecular complexity index is 1100. The molecule has 0 N–H and O–H groups in total. The van der Waals surface area contributed by atoms with Crippen LogP contribution in [0.15, 0.2) is 35.2 Å². The topological polar surface area (TPSA) is 74.3 Å². The molecule has 2 aromatic rings. The fourth-order valence-corrected chi connectivity index (χ4v) is 4.32. The molecule has 0 saturated carbocycles. The number of hydrogen-bond donors (Lipinski definition) is 0. The normalized spacial score (nSPS) is 16.4. The summed E-state index contributed by atoms with van der Waals surface area (Å²) in [5.41, 5.74) is 1.34. The monoisotopic (exact) mass is 475 g/mol. The SMILES string of the molecule is CCOc1cc(/C=C2\SC(=O)N(Cc3cc4c(cc3Cl)OCO4)C2=O)ccc1OC(C)C. The molecule has 0 aliphatic carbocycles. The van der Waals surface area contributed by atoms with Gasteiger partial charge < -0.3 is 18.9 Å². The van der Waals surface area contributed by atoms with Crippen molar-refractivity contribution in [2.24, 2.45) is 0 Å². The summed E-state index contributed by atoms with van der Waals surface area (Å²) in [6, 6.07) is 8.74. The van der Waals surface area contributed by atoms with Gasteiger partial charge in [0.25, 0.3) is 11.1 Å². The number of nitrogens with zero attached hydrogens (tertiary/aromatic N) is 1. The van der Waals surface area contributed by atoms with Crippen LogP contribution in [0.1, 0.15) is 31.9 Å². The Kier molecular flexibility index (Phi) is 6.53. The van der Waals surface area contributed by atoms with Crippen molar-refractivity contribution < 1.29 is 28.5 Å². The number of fused-ring (bicyclic) bond motifs is 1. The van der Waals surface area contributed by atoms with Crippen molar-refractivity contribution in [2.45, 2.75) is 33.4 Å². The number of benzene rings is 2. The Morgan fingerprint density at radius 3 is 2.62 bits per heavy atom. The standard InChI is InChI=1S/C23H22ClNO6S/c1-4-28-18-7-14(5-6-17(18)31-13(2)3)8-21-22(26)25(23(27)32-21)11-15-9-19-20(10-16(15)24)30-12-29-19/h5-10,13H,4,11-12H2,1-3H3/b21-8-. The number of ether oxygens (including phenoxy) is 4. The molecule has 1 fully saturated rings. The molecule has 0 atom stereocenters. The Morgan fingerprint density at radius 2 is 1.91 bits per heavy atom. The molecule has 1 saturated heterocycles. The summed E-state index contributed by atoms with van der Waals surface area (Å²) in [6.07, 6.45) is 1.67. The fraction of sp³-hybridized carbons (Fsp3) is 0.304. The van der Waals surface area contributed by atoms with Gasteiger partial charge in [-0.2, -0.15) is 0 Å². The zero-order chi connectivity index (χ0) is 22.8. The van der Waals surface area contributed by atoms with Crippen molar-refractivity contribution in [3.63, 3.8) is 0 Å². The summed E-state index contributed by atoms with van der Waals surface area (Å²) in [5, 5.41) is 0.0409. The largest absolute Gasteiger partial charge is 0.490 e. The van der Waals surface area contributed by atoms with Gasteiger partial charge in [-0.3, -0.25) is 14.5 Å². The molecule has 7 nitrogen and oxygen atoms in total. The van der Waals surface area contributed by atoms with Crippen LogP contribution in [0.25, 0.3) is 6.08 Å². The van der Waals surface area contributed by atoms with Crippen LogP contribution in [0.2, 0.25) is 5.02 Å². The van der Waals surface area contributed by atoms with Gasteiger partial charge in [0, 0.05) is 11.1 Å². The first-order valence-electron chi connectivity index (χ1n) is 10.1. The average molecular weight is 476 g/mol. The van der Waals surface area contributed by atoms with Crippen LogP contribution in [0.3, 0.4) is 0 Å². The minimum absolute atomic E-state index is 0.000408. The molecule has 0 unspecified atom stereocenters. The lowest BCUT2D eigenvalue weighted by Crippen LogP contribution is -2.27. The molecule has 2 amide bonds. The first-order chi connectivity index (χ1) is 15.4. The Balaban J connectivity index is 1.55. The lowest BCUT2D eigenvalue weighted by molar-refractivity contribution is -0.123. The van der Waals surface area contributed by atoms with Crippen molar-refractivity contribution in [3.8, 4) is 23.0 Å². The Hall–Kier alpha value is -2.84. The first-order valence-corrected chi connectivity index (χ1v) is 11.3. The molecule has 2 aromatic carbocycles. The van der Waals surface area contributed by atoms with Crippen LogP contribution < -0.4 is 18.9 Å². The number of hydrogen-bond acceptors (Lipinski definition) is 7. The smallest absolute Gasteiger partial charge is 0.293 e. The zero-order valence-electron chi connectivity index (χ0n) is 17.8. The quantitative estimate of drug-likeness (QED) is 0.490. The van der Waals surface area contributed by atoms with Gasteiger partial charge in [-0.05, 0) is 67.9 Å². The lowest BCUT2D eigenvalue weighted by atomic mass is 10.1. The molecule has 0 bridgehead atoms. The third-order valence-electron chi connectivity index (χ3n) is 4.67. The third kappa shape index (κ3) is 4.66. The van der Waals surface area contributed by atoms with Crippen molar-refractivity contribution in [1.29, 1.82) is 0 Å². The van der Waals surface area contributed by atoms with Crippen LogP contribution in [0.4, 0.5) is 4.79 Å². The van der Waals surface area contributed by atoms with E-state index in [1.54, 1.807) is 30.3 Å². The molecule has 2 heterocycles. The van der Waals surface area contributed by atoms with E-state index >= 15 is 0 Å². The number of imide groups is 1. The highest BCUT2D eigenvalue weighted by molar-refractivity contribution is 8.18. The highest BCUT2D eigenvalue weighted by Crippen LogP contribution is 2.40. The van der Waals surface area contributed by atoms with Gasteiger partial charge in [0.2, 0.25) is 6.79 Å². The summed E-state index contributed by atoms with van der Waals surface area (Å²) in [5.74, 6) is 1.92. The van der Waals surface area contributed by atoms with E-state index in [-0.39, 0.29) is 30.6 Å². The molecule has 0 spiro atoms. The van der Waals surface area contributed by atoms with Crippen molar-refractivity contribution >= 4 is 40.6 Å². The van der Waals surface area contributed by atoms with Gasteiger partial charge in [0.1, 0.15) is 0 Å². The predicted molar refractivity (Wildman–Crippen MR) is 122 cm³/mol. The maximum absolute atomic E-state index is 13.0. The van der Waals surface area contributed by atoms with Gasteiger partial charge in [0.05, 0.1) is 24.2 Å². The van der Waals surface area contributed by atoms with Crippen LogP contribution >= 0.6 is 23.4 Å². The molecule has 2 aliphatic heterocycles. The number of thioether (sulfide) groups is 1. The minimum atomic E-state index is -0.380. The second-order valence-electron chi connectivity index (χ2n) is 7.37. The van der Waals surface area contributed by atoms with E-state index in [1.807, 2.05) is 26.8 Å². The Labute approximate surface area is 195 Å². The number of amides is 2. The van der Waals surface area contributed by atoms with E-state index in [0.717, 1.165) is 17.3 Å². The fourth-order valence-electron chi connectivity index (χ4n) is 3.27. The number of halogens is 1. The van der Waals surface area contributed by atoms with E-state index in [1.165, 1.54) is 4.90 Å². The summed E-state index contributed by atoms with van der Waals surface area (Å²) in [6.45, 7) is 6.40. The number of carbonyl (C=O) groups excluding carboxylic acids is 2. The molecule has 4 rings (SSSR count). The van der Waals surface area contributed by atoms with Gasteiger partial charge in [0.15, 0.2) is 23.0 Å². The van der Waals surface area contributed by atoms with Crippen LogP contribution in [-0.4, -0.2) is 35.6 Å². The first kappa shape index (κ1) is 22.4. The maximum atomic E-state index is 13.0. The Morgan fingerprint density at radius 1 is 1.16 bits per heavy atom. The van der Waals surface area contributed by atoms with Gasteiger partial charge in [-0.25, -0.2) is 0 Å². The molecular formula is C23H22ClNO6S. The van der Waals surface area contributed by atoms with E-state index in [4.69, 9.17) is 30.5 Å². The van der Waals surface area contributed by atoms with Crippen LogP contribution in [0.5, 0.6) is 23.0 Å². The molecule has 2 aliphatic rings. The highest BCUT2D eigenvalue weighted by Gasteiger charge is 2.35. The number of carbonyl (C=O) groups is 2. The summed E-state index contributed by atoms with van der Waals surface area (Å²) in [7, 11) is 0. The second kappa shape index (κ2) is 9.34. The minimum Gasteiger partial charge on any atom is -0.490 e. The van der Waals surface area contributed by atoms with Crippen molar-refractivity contribution in [1.82, 2.24) is 4.90 Å². The van der Waals surface area contributed by atoms with E-state index in [0.29, 0.717) is 45.1 Å². The summed E-state index contributed by atoms with van der Waals surface area (Å²) in [4.78, 5) is 27.0. The third-order valence-corrected chi connectivity index (χ3v) is 5.93. The lowest BCUT2D eigenvalue weighted by Gasteiger charge is -2.15. The molecule has 0 aromatic heterocycles. The molecule has 32 heavy (non-hydrogen) atoms. The van der Waals surface area contributed by atoms with Gasteiger partial charge in [-0.15, -0.1) is 0 Å². The molecule has 0 radical (unpaired) electrons. The van der Waals surface area contributed by atoms with Gasteiger partial charge in [-0.1, -0.05) is 17.7 Å². The van der Waals surface area contributed by atoms with E-state index in [9.17, 15) is 9.59 Å². The zero-order valence-corrected chi connectivity index (χ0v) is 19.4. The summed E-state index contributed by atoms with van der Waals surface area (Å²) >= 11 is 7.20. The maximum Gasteiger partial charge on any atom is 0.293 e. The molecule has 9 heteroatoms. The molecular weight excluding hydrogens is 454 g/mol. The van der Waals surface area contributed by atoms with Crippen LogP contribution in [0, 0.1) is 0 Å². The van der Waals surface area contributed by atoms with Gasteiger partial charge >= 0.3 is 0 Å². The van der Waals surface area contributed by atoms with E-state index in [2.05, 4.69) is 0 Å². The molecule has 168 valence electrons. The second-order valence-corrected chi connectivity index (χ2v) is 8.77. The van der Waals surface area contributed by atoms with Crippen LogP contribution in [-0.2, 0) is 11.3 Å². The van der Waals surface area contributed by atoms with Crippen molar-refractivity contribution in [2.75, 3.05) is 13.4 Å². The van der Waals surface area contributed by atoms with E-state index < -0.39 is 0 Å². The predicted octanol–water partition coefficient (Wildman–Crippen LogP) is 5.49. The van der Waals surface area contributed by atoms with Crippen molar-refractivity contribution in [3.05, 3.63) is 51.4 Å².